The first-order valence-corrected chi connectivity index (χ1v) is 16.0. The van der Waals surface area contributed by atoms with Gasteiger partial charge in [0.2, 0.25) is 5.91 Å². The number of nitrogens with one attached hydrogen (secondary N) is 2. The fourth-order valence-electron chi connectivity index (χ4n) is 4.25. The highest BCUT2D eigenvalue weighted by molar-refractivity contribution is 7.90. The zero-order valence-corrected chi connectivity index (χ0v) is 25.6. The molecule has 0 saturated heterocycles. The fourth-order valence-corrected chi connectivity index (χ4v) is 5.52. The first kappa shape index (κ1) is 34.3. The highest BCUT2D eigenvalue weighted by Crippen LogP contribution is 2.17. The van der Waals surface area contributed by atoms with E-state index in [1.807, 2.05) is 22.9 Å². The largest absolute Gasteiger partial charge is 0.503 e. The van der Waals surface area contributed by atoms with Gasteiger partial charge in [-0.15, -0.1) is 0 Å². The lowest BCUT2D eigenvalue weighted by atomic mass is 10.1. The van der Waals surface area contributed by atoms with Gasteiger partial charge in [0.1, 0.15) is 5.82 Å². The third-order valence-corrected chi connectivity index (χ3v) is 8.35. The second-order valence-electron chi connectivity index (χ2n) is 10.0. The molecule has 3 amide bonds. The Kier molecular flexibility index (Phi) is 13.4. The van der Waals surface area contributed by atoms with Crippen molar-refractivity contribution in [3.63, 3.8) is 0 Å². The van der Waals surface area contributed by atoms with E-state index in [4.69, 9.17) is 11.6 Å². The van der Waals surface area contributed by atoms with Crippen LogP contribution in [0.25, 0.3) is 0 Å². The summed E-state index contributed by atoms with van der Waals surface area (Å²) in [6, 6.07) is 20.7. The van der Waals surface area contributed by atoms with Crippen LogP contribution in [0, 0.1) is 5.82 Å². The number of carbonyl (C=O) groups is 3. The summed E-state index contributed by atoms with van der Waals surface area (Å²) in [6.07, 6.45) is 3.37. The average Bonchev–Trinajstić information content (AvgIpc) is 3.00. The van der Waals surface area contributed by atoms with Crippen molar-refractivity contribution in [3.05, 3.63) is 113 Å². The summed E-state index contributed by atoms with van der Waals surface area (Å²) in [5, 5.41) is 13.4. The summed E-state index contributed by atoms with van der Waals surface area (Å²) in [7, 11) is -3.93. The maximum atomic E-state index is 13.4. The molecule has 0 aliphatic rings. The molecule has 0 atom stereocenters. The smallest absolute Gasteiger partial charge is 0.286 e. The average molecular weight is 644 g/mol. The lowest BCUT2D eigenvalue weighted by Crippen LogP contribution is -2.32. The number of amides is 3. The molecule has 44 heavy (non-hydrogen) atoms. The number of rotatable bonds is 16. The molecule has 0 heterocycles. The van der Waals surface area contributed by atoms with Crippen LogP contribution in [0.3, 0.4) is 0 Å². The second-order valence-corrected chi connectivity index (χ2v) is 12.1. The molecule has 0 spiro atoms. The molecule has 0 aromatic heterocycles. The van der Waals surface area contributed by atoms with E-state index in [0.29, 0.717) is 49.2 Å². The lowest BCUT2D eigenvalue weighted by molar-refractivity contribution is -0.128. The summed E-state index contributed by atoms with van der Waals surface area (Å²) in [5.74, 6) is -3.20. The molecule has 3 rings (SSSR count). The van der Waals surface area contributed by atoms with Crippen LogP contribution in [0.5, 0.6) is 0 Å². The molecule has 3 aromatic rings. The van der Waals surface area contributed by atoms with E-state index in [-0.39, 0.29) is 24.4 Å². The molecule has 9 nitrogen and oxygen atoms in total. The third kappa shape index (κ3) is 11.5. The minimum atomic E-state index is -3.93. The monoisotopic (exact) mass is 643 g/mol. The number of aliphatic hydroxyl groups excluding tert-OH is 1. The van der Waals surface area contributed by atoms with Crippen molar-refractivity contribution >= 4 is 39.3 Å². The molecule has 234 valence electrons. The van der Waals surface area contributed by atoms with E-state index >= 15 is 0 Å². The Hall–Kier alpha value is -4.22. The molecule has 3 aromatic carbocycles. The normalized spacial score (nSPS) is 11.5. The SMILES string of the molecule is O=C(CCCCCNC(=O)/C(O)=C/C(=O)N(CCCc1ccccc1Cl)Cc1ccc(F)cc1)NS(=O)(=O)c1ccccc1. The van der Waals surface area contributed by atoms with Crippen molar-refractivity contribution in [1.82, 2.24) is 14.9 Å². The van der Waals surface area contributed by atoms with Crippen LogP contribution in [-0.4, -0.2) is 49.2 Å². The van der Waals surface area contributed by atoms with Crippen LogP contribution < -0.4 is 10.0 Å². The van der Waals surface area contributed by atoms with Gasteiger partial charge in [-0.3, -0.25) is 14.4 Å². The zero-order valence-electron chi connectivity index (χ0n) is 24.0. The van der Waals surface area contributed by atoms with E-state index in [1.54, 1.807) is 36.4 Å². The van der Waals surface area contributed by atoms with Gasteiger partial charge in [-0.25, -0.2) is 17.5 Å². The first-order chi connectivity index (χ1) is 21.0. The van der Waals surface area contributed by atoms with Gasteiger partial charge in [0.25, 0.3) is 21.8 Å². The molecule has 12 heteroatoms. The topological polar surface area (TPSA) is 133 Å². The lowest BCUT2D eigenvalue weighted by Gasteiger charge is -2.22. The number of hydrogen-bond acceptors (Lipinski definition) is 6. The van der Waals surface area contributed by atoms with Crippen LogP contribution in [0.1, 0.15) is 43.2 Å². The van der Waals surface area contributed by atoms with Gasteiger partial charge in [-0.2, -0.15) is 0 Å². The zero-order chi connectivity index (χ0) is 32.0. The molecule has 0 aliphatic heterocycles. The van der Waals surface area contributed by atoms with Gasteiger partial charge in [0.05, 0.1) is 11.0 Å². The molecule has 0 aliphatic carbocycles. The number of halogens is 2. The molecule has 0 fully saturated rings. The van der Waals surface area contributed by atoms with Gasteiger partial charge in [0, 0.05) is 31.1 Å². The summed E-state index contributed by atoms with van der Waals surface area (Å²) in [5.41, 5.74) is 1.61. The van der Waals surface area contributed by atoms with Crippen molar-refractivity contribution in [2.45, 2.75) is 50.0 Å². The number of benzene rings is 3. The fraction of sp³-hybridized carbons (Fsp3) is 0.281. The number of aliphatic hydroxyl groups is 1. The Morgan fingerprint density at radius 1 is 0.886 bits per heavy atom. The first-order valence-electron chi connectivity index (χ1n) is 14.1. The number of aryl methyl sites for hydroxylation is 1. The Bertz CT molecular complexity index is 1550. The van der Waals surface area contributed by atoms with Gasteiger partial charge < -0.3 is 15.3 Å². The second kappa shape index (κ2) is 17.2. The van der Waals surface area contributed by atoms with Crippen LogP contribution in [0.2, 0.25) is 5.02 Å². The summed E-state index contributed by atoms with van der Waals surface area (Å²) in [4.78, 5) is 38.9. The number of nitrogens with zero attached hydrogens (tertiary/aromatic N) is 1. The highest BCUT2D eigenvalue weighted by atomic mass is 35.5. The van der Waals surface area contributed by atoms with Crippen molar-refractivity contribution in [2.75, 3.05) is 13.1 Å². The molecular weight excluding hydrogens is 609 g/mol. The number of unbranched alkanes of at least 4 members (excludes halogenated alkanes) is 2. The summed E-state index contributed by atoms with van der Waals surface area (Å²) >= 11 is 6.24. The minimum Gasteiger partial charge on any atom is -0.503 e. The number of carbonyl (C=O) groups excluding carboxylic acids is 3. The van der Waals surface area contributed by atoms with Gasteiger partial charge in [-0.1, -0.05) is 66.6 Å². The van der Waals surface area contributed by atoms with Gasteiger partial charge in [0.15, 0.2) is 5.76 Å². The third-order valence-electron chi connectivity index (χ3n) is 6.59. The van der Waals surface area contributed by atoms with E-state index in [0.717, 1.165) is 11.6 Å². The van der Waals surface area contributed by atoms with Crippen molar-refractivity contribution < 1.29 is 32.3 Å². The maximum Gasteiger partial charge on any atom is 0.286 e. The molecule has 0 radical (unpaired) electrons. The van der Waals surface area contributed by atoms with Gasteiger partial charge in [-0.05, 0) is 67.1 Å². The Balaban J connectivity index is 1.45. The Labute approximate surface area is 261 Å². The van der Waals surface area contributed by atoms with E-state index in [1.165, 1.54) is 29.2 Å². The Morgan fingerprint density at radius 2 is 1.57 bits per heavy atom. The molecule has 0 unspecified atom stereocenters. The highest BCUT2D eigenvalue weighted by Gasteiger charge is 2.18. The molecule has 0 bridgehead atoms. The van der Waals surface area contributed by atoms with E-state index in [9.17, 15) is 32.3 Å². The predicted octanol–water partition coefficient (Wildman–Crippen LogP) is 5.06. The predicted molar refractivity (Wildman–Crippen MR) is 166 cm³/mol. The molecule has 0 saturated carbocycles. The Morgan fingerprint density at radius 3 is 2.27 bits per heavy atom. The molecular formula is C32H35ClFN3O6S. The van der Waals surface area contributed by atoms with Crippen LogP contribution in [0.15, 0.2) is 95.6 Å². The summed E-state index contributed by atoms with van der Waals surface area (Å²) < 4.78 is 39.8. The van der Waals surface area contributed by atoms with Crippen molar-refractivity contribution in [2.24, 2.45) is 0 Å². The maximum absolute atomic E-state index is 13.4. The van der Waals surface area contributed by atoms with E-state index in [2.05, 4.69) is 5.32 Å². The quantitative estimate of drug-likeness (QED) is 0.114. The van der Waals surface area contributed by atoms with Crippen molar-refractivity contribution in [1.29, 1.82) is 0 Å². The van der Waals surface area contributed by atoms with Crippen LogP contribution >= 0.6 is 11.6 Å². The van der Waals surface area contributed by atoms with Crippen molar-refractivity contribution in [3.8, 4) is 0 Å². The molecule has 3 N–H and O–H groups in total. The van der Waals surface area contributed by atoms with Crippen LogP contribution in [0.4, 0.5) is 4.39 Å². The number of sulfonamides is 1. The number of hydrogen-bond donors (Lipinski definition) is 3. The van der Waals surface area contributed by atoms with Gasteiger partial charge >= 0.3 is 0 Å². The van der Waals surface area contributed by atoms with E-state index < -0.39 is 39.3 Å². The summed E-state index contributed by atoms with van der Waals surface area (Å²) in [6.45, 7) is 0.617. The van der Waals surface area contributed by atoms with Crippen LogP contribution in [-0.2, 0) is 37.4 Å². The minimum absolute atomic E-state index is 0.00178. The standard InChI is InChI=1S/C32H35ClFN3O6S/c33-28-14-7-6-10-25(28)11-9-21-37(23-24-16-18-26(34)19-17-24)31(40)22-29(38)32(41)35-20-8-2-5-15-30(39)36-44(42,43)27-12-3-1-4-13-27/h1,3-4,6-7,10,12-14,16-19,22,38H,2,5,8-9,11,15,20-21,23H2,(H,35,41)(H,36,39)/b29-22-.